The first-order chi connectivity index (χ1) is 10.2. The summed E-state index contributed by atoms with van der Waals surface area (Å²) >= 11 is 0. The van der Waals surface area contributed by atoms with E-state index in [9.17, 15) is 4.39 Å². The van der Waals surface area contributed by atoms with Gasteiger partial charge in [0.15, 0.2) is 0 Å². The molecule has 2 fully saturated rings. The molecule has 1 aromatic rings. The maximum Gasteiger partial charge on any atom is 0.146 e. The van der Waals surface area contributed by atoms with Crippen LogP contribution in [-0.4, -0.2) is 19.2 Å². The minimum atomic E-state index is -0.239. The third-order valence-corrected chi connectivity index (χ3v) is 5.14. The molecule has 21 heavy (non-hydrogen) atoms. The van der Waals surface area contributed by atoms with E-state index < -0.39 is 0 Å². The van der Waals surface area contributed by atoms with Crippen LogP contribution in [0.2, 0.25) is 0 Å². The second-order valence-corrected chi connectivity index (χ2v) is 6.65. The molecule has 4 heteroatoms. The molecule has 116 valence electrons. The molecule has 2 atom stereocenters. The van der Waals surface area contributed by atoms with E-state index in [0.29, 0.717) is 18.0 Å². The fourth-order valence-electron chi connectivity index (χ4n) is 3.74. The highest BCUT2D eigenvalue weighted by molar-refractivity contribution is 5.51. The SMILES string of the molecule is COc1ccc(F)c(NC2(CN)CCCC(C3CC3)C2)c1. The van der Waals surface area contributed by atoms with Gasteiger partial charge in [-0.15, -0.1) is 0 Å². The van der Waals surface area contributed by atoms with Crippen LogP contribution in [0, 0.1) is 17.7 Å². The van der Waals surface area contributed by atoms with Gasteiger partial charge in [0.05, 0.1) is 12.8 Å². The summed E-state index contributed by atoms with van der Waals surface area (Å²) in [6.07, 6.45) is 7.28. The fourth-order valence-corrected chi connectivity index (χ4v) is 3.74. The Morgan fingerprint density at radius 2 is 2.14 bits per heavy atom. The number of hydrogen-bond acceptors (Lipinski definition) is 3. The van der Waals surface area contributed by atoms with Gasteiger partial charge in [0.25, 0.3) is 0 Å². The third-order valence-electron chi connectivity index (χ3n) is 5.14. The van der Waals surface area contributed by atoms with Crippen LogP contribution in [0.1, 0.15) is 38.5 Å². The Labute approximate surface area is 126 Å². The Balaban J connectivity index is 1.79. The molecule has 0 saturated heterocycles. The Hall–Kier alpha value is -1.29. The number of benzene rings is 1. The van der Waals surface area contributed by atoms with Gasteiger partial charge in [-0.25, -0.2) is 4.39 Å². The molecule has 0 aromatic heterocycles. The van der Waals surface area contributed by atoms with Crippen molar-refractivity contribution >= 4 is 5.69 Å². The quantitative estimate of drug-likeness (QED) is 0.872. The lowest BCUT2D eigenvalue weighted by atomic mass is 9.73. The van der Waals surface area contributed by atoms with E-state index in [2.05, 4.69) is 5.32 Å². The van der Waals surface area contributed by atoms with Crippen molar-refractivity contribution in [3.63, 3.8) is 0 Å². The normalized spacial score (nSPS) is 29.2. The zero-order chi connectivity index (χ0) is 14.9. The number of halogens is 1. The molecule has 2 aliphatic rings. The van der Waals surface area contributed by atoms with Crippen LogP contribution >= 0.6 is 0 Å². The fraction of sp³-hybridized carbons (Fsp3) is 0.647. The van der Waals surface area contributed by atoms with Gasteiger partial charge in [-0.05, 0) is 49.7 Å². The molecule has 0 amide bonds. The van der Waals surface area contributed by atoms with Crippen molar-refractivity contribution in [2.75, 3.05) is 19.0 Å². The summed E-state index contributed by atoms with van der Waals surface area (Å²) in [4.78, 5) is 0. The van der Waals surface area contributed by atoms with E-state index in [1.807, 2.05) is 0 Å². The molecule has 2 unspecified atom stereocenters. The van der Waals surface area contributed by atoms with E-state index in [4.69, 9.17) is 10.5 Å². The molecule has 0 aliphatic heterocycles. The average Bonchev–Trinajstić information content (AvgIpc) is 3.34. The predicted octanol–water partition coefficient (Wildman–Crippen LogP) is 3.54. The van der Waals surface area contributed by atoms with Crippen molar-refractivity contribution in [2.24, 2.45) is 17.6 Å². The van der Waals surface area contributed by atoms with Crippen LogP contribution < -0.4 is 15.8 Å². The van der Waals surface area contributed by atoms with Gasteiger partial charge < -0.3 is 15.8 Å². The van der Waals surface area contributed by atoms with Crippen LogP contribution in [0.3, 0.4) is 0 Å². The smallest absolute Gasteiger partial charge is 0.146 e. The van der Waals surface area contributed by atoms with Gasteiger partial charge in [-0.1, -0.05) is 12.8 Å². The number of nitrogens with two attached hydrogens (primary N) is 1. The zero-order valence-corrected chi connectivity index (χ0v) is 12.7. The Morgan fingerprint density at radius 3 is 2.81 bits per heavy atom. The monoisotopic (exact) mass is 292 g/mol. The van der Waals surface area contributed by atoms with Gasteiger partial charge in [0.2, 0.25) is 0 Å². The minimum Gasteiger partial charge on any atom is -0.497 e. The molecular formula is C17H25FN2O. The van der Waals surface area contributed by atoms with Crippen LogP contribution in [0.4, 0.5) is 10.1 Å². The summed E-state index contributed by atoms with van der Waals surface area (Å²) in [5, 5.41) is 3.42. The van der Waals surface area contributed by atoms with Crippen LogP contribution in [0.5, 0.6) is 5.75 Å². The highest BCUT2D eigenvalue weighted by Gasteiger charge is 2.41. The molecule has 3 N–H and O–H groups in total. The number of methoxy groups -OCH3 is 1. The van der Waals surface area contributed by atoms with E-state index in [-0.39, 0.29) is 11.4 Å². The number of rotatable bonds is 5. The molecule has 0 bridgehead atoms. The first-order valence-electron chi connectivity index (χ1n) is 7.97. The largest absolute Gasteiger partial charge is 0.497 e. The molecule has 1 aromatic carbocycles. The molecule has 0 spiro atoms. The predicted molar refractivity (Wildman–Crippen MR) is 83.0 cm³/mol. The molecule has 3 nitrogen and oxygen atoms in total. The van der Waals surface area contributed by atoms with Gasteiger partial charge in [-0.3, -0.25) is 0 Å². The van der Waals surface area contributed by atoms with Gasteiger partial charge in [0.1, 0.15) is 11.6 Å². The maximum atomic E-state index is 14.1. The van der Waals surface area contributed by atoms with Crippen molar-refractivity contribution in [3.8, 4) is 5.75 Å². The Morgan fingerprint density at radius 1 is 1.33 bits per heavy atom. The van der Waals surface area contributed by atoms with E-state index >= 15 is 0 Å². The zero-order valence-electron chi connectivity index (χ0n) is 12.7. The number of anilines is 1. The number of nitrogens with one attached hydrogen (secondary N) is 1. The third kappa shape index (κ3) is 3.15. The summed E-state index contributed by atoms with van der Waals surface area (Å²) < 4.78 is 19.3. The molecular weight excluding hydrogens is 267 g/mol. The van der Waals surface area contributed by atoms with E-state index in [0.717, 1.165) is 24.7 Å². The van der Waals surface area contributed by atoms with E-state index in [1.165, 1.54) is 31.7 Å². The van der Waals surface area contributed by atoms with Gasteiger partial charge in [0, 0.05) is 18.2 Å². The lowest BCUT2D eigenvalue weighted by Gasteiger charge is -2.42. The van der Waals surface area contributed by atoms with Crippen LogP contribution in [0.25, 0.3) is 0 Å². The topological polar surface area (TPSA) is 47.3 Å². The Bertz CT molecular complexity index is 504. The first-order valence-corrected chi connectivity index (χ1v) is 7.97. The molecule has 2 saturated carbocycles. The summed E-state index contributed by atoms with van der Waals surface area (Å²) in [6, 6.07) is 4.82. The van der Waals surface area contributed by atoms with E-state index in [1.54, 1.807) is 19.2 Å². The summed E-state index contributed by atoms with van der Waals surface area (Å²) in [7, 11) is 1.60. The van der Waals surface area contributed by atoms with Gasteiger partial charge >= 0.3 is 0 Å². The van der Waals surface area contributed by atoms with Gasteiger partial charge in [-0.2, -0.15) is 0 Å². The average molecular weight is 292 g/mol. The van der Waals surface area contributed by atoms with Crippen molar-refractivity contribution < 1.29 is 9.13 Å². The standard InChI is InChI=1S/C17H25FN2O/c1-21-14-6-7-15(18)16(9-14)20-17(11-19)8-2-3-13(10-17)12-4-5-12/h6-7,9,12-13,20H,2-5,8,10-11,19H2,1H3. The van der Waals surface area contributed by atoms with Crippen molar-refractivity contribution in [2.45, 2.75) is 44.1 Å². The highest BCUT2D eigenvalue weighted by Crippen LogP contribution is 2.47. The molecule has 0 heterocycles. The second-order valence-electron chi connectivity index (χ2n) is 6.65. The van der Waals surface area contributed by atoms with Crippen LogP contribution in [-0.2, 0) is 0 Å². The van der Waals surface area contributed by atoms with Crippen molar-refractivity contribution in [3.05, 3.63) is 24.0 Å². The summed E-state index contributed by atoms with van der Waals surface area (Å²) in [5.74, 6) is 2.06. The minimum absolute atomic E-state index is 0.168. The maximum absolute atomic E-state index is 14.1. The number of ether oxygens (including phenoxy) is 1. The second kappa shape index (κ2) is 5.84. The lowest BCUT2D eigenvalue weighted by molar-refractivity contribution is 0.228. The number of hydrogen-bond donors (Lipinski definition) is 2. The first kappa shape index (κ1) is 14.6. The lowest BCUT2D eigenvalue weighted by Crippen LogP contribution is -2.49. The van der Waals surface area contributed by atoms with Crippen LogP contribution in [0.15, 0.2) is 18.2 Å². The molecule has 0 radical (unpaired) electrons. The van der Waals surface area contributed by atoms with Crippen molar-refractivity contribution in [1.29, 1.82) is 0 Å². The van der Waals surface area contributed by atoms with Crippen molar-refractivity contribution in [1.82, 2.24) is 0 Å². The Kier molecular flexibility index (Phi) is 4.07. The highest BCUT2D eigenvalue weighted by atomic mass is 19.1. The summed E-state index contributed by atoms with van der Waals surface area (Å²) in [6.45, 7) is 0.548. The summed E-state index contributed by atoms with van der Waals surface area (Å²) in [5.41, 5.74) is 6.42. The molecule has 2 aliphatic carbocycles. The molecule has 3 rings (SSSR count).